The molecule has 0 spiro atoms. The van der Waals surface area contributed by atoms with Gasteiger partial charge in [-0.15, -0.1) is 0 Å². The van der Waals surface area contributed by atoms with Crippen molar-refractivity contribution in [2.75, 3.05) is 5.32 Å². The van der Waals surface area contributed by atoms with Gasteiger partial charge < -0.3 is 28.5 Å². The number of rotatable bonds is 5. The van der Waals surface area contributed by atoms with Crippen LogP contribution in [0.15, 0.2) is 12.5 Å². The van der Waals surface area contributed by atoms with Gasteiger partial charge in [0.05, 0.1) is 23.1 Å². The van der Waals surface area contributed by atoms with Gasteiger partial charge in [-0.05, 0) is 62.3 Å². The van der Waals surface area contributed by atoms with Gasteiger partial charge in [0.25, 0.3) is 0 Å². The minimum atomic E-state index is -1.26. The van der Waals surface area contributed by atoms with E-state index in [-0.39, 0.29) is 12.4 Å². The molecule has 0 saturated carbocycles. The zero-order valence-corrected chi connectivity index (χ0v) is 21.2. The highest BCUT2D eigenvalue weighted by molar-refractivity contribution is 6.65. The lowest BCUT2D eigenvalue weighted by molar-refractivity contribution is -0.0579. The fraction of sp³-hybridized carbons (Fsp3) is 0.636. The maximum absolute atomic E-state index is 12.3. The molecule has 1 aliphatic heterocycles. The number of nitrogens with one attached hydrogen (secondary N) is 1. The van der Waals surface area contributed by atoms with Crippen molar-refractivity contribution in [3.8, 4) is 0 Å². The second kappa shape index (κ2) is 8.42. The molecular formula is C22H33BN4O7. The molecule has 12 heteroatoms. The second-order valence-electron chi connectivity index (χ2n) is 11.0. The molecule has 1 aliphatic rings. The number of carboxylic acid groups (broad SMARTS) is 1. The van der Waals surface area contributed by atoms with Gasteiger partial charge in [-0.25, -0.2) is 19.6 Å². The molecule has 0 unspecified atom stereocenters. The van der Waals surface area contributed by atoms with E-state index in [2.05, 4.69) is 15.3 Å². The first-order valence-electron chi connectivity index (χ1n) is 11.0. The maximum atomic E-state index is 12.3. The van der Waals surface area contributed by atoms with Gasteiger partial charge in [0.15, 0.2) is 0 Å². The summed E-state index contributed by atoms with van der Waals surface area (Å²) in [6, 6.07) is 0. The van der Waals surface area contributed by atoms with Gasteiger partial charge in [-0.1, -0.05) is 0 Å². The van der Waals surface area contributed by atoms with Crippen LogP contribution in [0.5, 0.6) is 0 Å². The Kier molecular flexibility index (Phi) is 6.38. The van der Waals surface area contributed by atoms with Crippen molar-refractivity contribution in [3.63, 3.8) is 0 Å². The predicted molar refractivity (Wildman–Crippen MR) is 126 cm³/mol. The van der Waals surface area contributed by atoms with Crippen molar-refractivity contribution < 1.29 is 33.5 Å². The monoisotopic (exact) mass is 476 g/mol. The Morgan fingerprint density at radius 2 is 1.68 bits per heavy atom. The number of hydrogen-bond acceptors (Lipinski definition) is 8. The smallest absolute Gasteiger partial charge is 0.465 e. The van der Waals surface area contributed by atoms with Gasteiger partial charge >= 0.3 is 19.4 Å². The molecule has 3 heterocycles. The maximum Gasteiger partial charge on any atom is 0.509 e. The summed E-state index contributed by atoms with van der Waals surface area (Å²) < 4.78 is 25.0. The van der Waals surface area contributed by atoms with Crippen LogP contribution in [0.4, 0.5) is 15.4 Å². The van der Waals surface area contributed by atoms with Crippen molar-refractivity contribution in [2.24, 2.45) is 0 Å². The molecular weight excluding hydrogens is 443 g/mol. The molecule has 0 aliphatic carbocycles. The Bertz CT molecular complexity index is 1090. The average molecular weight is 476 g/mol. The lowest BCUT2D eigenvalue weighted by atomic mass is 9.79. The van der Waals surface area contributed by atoms with Crippen LogP contribution in [0.1, 0.15) is 62.3 Å². The summed E-state index contributed by atoms with van der Waals surface area (Å²) >= 11 is 0. The molecule has 0 aromatic carbocycles. The number of aromatic nitrogens is 3. The highest BCUT2D eigenvalue weighted by Crippen LogP contribution is 2.37. The van der Waals surface area contributed by atoms with E-state index in [1.807, 2.05) is 27.7 Å². The quantitative estimate of drug-likeness (QED) is 0.491. The van der Waals surface area contributed by atoms with Crippen molar-refractivity contribution >= 4 is 41.7 Å². The molecule has 0 bridgehead atoms. The zero-order chi connectivity index (χ0) is 25.7. The van der Waals surface area contributed by atoms with Crippen molar-refractivity contribution in [3.05, 3.63) is 12.5 Å². The van der Waals surface area contributed by atoms with Crippen LogP contribution in [0, 0.1) is 0 Å². The minimum Gasteiger partial charge on any atom is -0.465 e. The lowest BCUT2D eigenvalue weighted by Crippen LogP contribution is -2.41. The van der Waals surface area contributed by atoms with E-state index in [1.54, 1.807) is 45.4 Å². The first kappa shape index (κ1) is 25.8. The summed E-state index contributed by atoms with van der Waals surface area (Å²) in [5.74, 6) is 0.104. The lowest BCUT2D eigenvalue weighted by Gasteiger charge is -2.32. The van der Waals surface area contributed by atoms with Gasteiger partial charge in [-0.3, -0.25) is 5.32 Å². The second-order valence-corrected chi connectivity index (χ2v) is 11.0. The zero-order valence-electron chi connectivity index (χ0n) is 21.2. The molecule has 2 N–H and O–H groups in total. The highest BCUT2D eigenvalue weighted by atomic mass is 16.7. The summed E-state index contributed by atoms with van der Waals surface area (Å²) in [4.78, 5) is 32.2. The third-order valence-electron chi connectivity index (χ3n) is 5.72. The Morgan fingerprint density at radius 3 is 2.21 bits per heavy atom. The molecule has 0 radical (unpaired) electrons. The summed E-state index contributed by atoms with van der Waals surface area (Å²) in [6.07, 6.45) is 0.971. The van der Waals surface area contributed by atoms with E-state index in [4.69, 9.17) is 18.8 Å². The van der Waals surface area contributed by atoms with Crippen molar-refractivity contribution in [1.82, 2.24) is 14.5 Å². The standard InChI is InChI=1S/C22H33BN4O7/c1-19(2,3)31-18(30)32-20(4,5)11-27-10-13(23-33-21(6,7)22(8,9)34-23)14-15(26-17(28)29)24-12-25-16(14)27/h10,12H,11H2,1-9H3,(H,28,29)(H,24,25,26). The highest BCUT2D eigenvalue weighted by Gasteiger charge is 2.53. The molecule has 2 aromatic heterocycles. The van der Waals surface area contributed by atoms with Crippen LogP contribution >= 0.6 is 0 Å². The summed E-state index contributed by atoms with van der Waals surface area (Å²) in [7, 11) is -0.788. The van der Waals surface area contributed by atoms with Gasteiger partial charge in [-0.2, -0.15) is 0 Å². The molecule has 11 nitrogen and oxygen atoms in total. The van der Waals surface area contributed by atoms with Crippen molar-refractivity contribution in [2.45, 2.75) is 91.3 Å². The Hall–Kier alpha value is -2.86. The number of hydrogen-bond donors (Lipinski definition) is 2. The molecule has 0 atom stereocenters. The summed E-state index contributed by atoms with van der Waals surface area (Å²) in [5.41, 5.74) is -1.90. The van der Waals surface area contributed by atoms with E-state index >= 15 is 0 Å². The van der Waals surface area contributed by atoms with E-state index < -0.39 is 41.8 Å². The van der Waals surface area contributed by atoms with Crippen LogP contribution in [-0.2, 0) is 25.3 Å². The van der Waals surface area contributed by atoms with E-state index in [1.165, 1.54) is 6.33 Å². The molecule has 186 valence electrons. The number of anilines is 1. The summed E-state index contributed by atoms with van der Waals surface area (Å²) in [6.45, 7) is 16.7. The Morgan fingerprint density at radius 1 is 1.09 bits per heavy atom. The molecule has 1 fully saturated rings. The third kappa shape index (κ3) is 5.44. The fourth-order valence-corrected chi connectivity index (χ4v) is 3.56. The number of fused-ring (bicyclic) bond motifs is 1. The molecule has 2 aromatic rings. The molecule has 34 heavy (non-hydrogen) atoms. The van der Waals surface area contributed by atoms with Crippen LogP contribution in [0.25, 0.3) is 11.0 Å². The van der Waals surface area contributed by atoms with E-state index in [0.717, 1.165) is 0 Å². The van der Waals surface area contributed by atoms with Gasteiger partial charge in [0.2, 0.25) is 0 Å². The topological polar surface area (TPSA) is 134 Å². The van der Waals surface area contributed by atoms with Crippen LogP contribution in [0.2, 0.25) is 0 Å². The number of nitrogens with zero attached hydrogens (tertiary/aromatic N) is 3. The first-order chi connectivity index (χ1) is 15.4. The van der Waals surface area contributed by atoms with E-state index in [9.17, 15) is 14.7 Å². The third-order valence-corrected chi connectivity index (χ3v) is 5.72. The average Bonchev–Trinajstić information content (AvgIpc) is 3.06. The fourth-order valence-electron chi connectivity index (χ4n) is 3.56. The van der Waals surface area contributed by atoms with Gasteiger partial charge in [0.1, 0.15) is 29.0 Å². The summed E-state index contributed by atoms with van der Waals surface area (Å²) in [5, 5.41) is 12.1. The van der Waals surface area contributed by atoms with Crippen molar-refractivity contribution in [1.29, 1.82) is 0 Å². The van der Waals surface area contributed by atoms with Crippen LogP contribution in [-0.4, -0.2) is 61.4 Å². The number of carbonyl (C=O) groups excluding carboxylic acids is 1. The molecule has 1 amide bonds. The normalized spacial score (nSPS) is 17.6. The van der Waals surface area contributed by atoms with Crippen LogP contribution in [0.3, 0.4) is 0 Å². The predicted octanol–water partition coefficient (Wildman–Crippen LogP) is 3.55. The molecule has 3 rings (SSSR count). The number of ether oxygens (including phenoxy) is 2. The van der Waals surface area contributed by atoms with Crippen LogP contribution < -0.4 is 10.8 Å². The Labute approximate surface area is 199 Å². The first-order valence-corrected chi connectivity index (χ1v) is 11.0. The number of carbonyl (C=O) groups is 2. The molecule has 1 saturated heterocycles. The Balaban J connectivity index is 2.03. The number of amides is 1. The van der Waals surface area contributed by atoms with Gasteiger partial charge in [0, 0.05) is 11.7 Å². The largest absolute Gasteiger partial charge is 0.509 e. The minimum absolute atomic E-state index is 0.104. The van der Waals surface area contributed by atoms with E-state index in [0.29, 0.717) is 16.5 Å². The SMILES string of the molecule is CC(C)(C)OC(=O)OC(C)(C)Cn1cc(B2OC(C)(C)C(C)(C)O2)c2c(NC(=O)O)ncnc21.